The van der Waals surface area contributed by atoms with Gasteiger partial charge in [0.05, 0.1) is 11.8 Å². The molecule has 5 nitrogen and oxygen atoms in total. The van der Waals surface area contributed by atoms with Gasteiger partial charge in [-0.15, -0.1) is 0 Å². The summed E-state index contributed by atoms with van der Waals surface area (Å²) < 4.78 is 6.30. The van der Waals surface area contributed by atoms with Crippen LogP contribution in [-0.2, 0) is 0 Å². The van der Waals surface area contributed by atoms with Gasteiger partial charge in [-0.3, -0.25) is 4.98 Å². The SMILES string of the molecule is Nc1cc(Oc2cncc(Br)c2)ccc1C(=O)O. The van der Waals surface area contributed by atoms with Crippen LogP contribution in [0.15, 0.2) is 41.1 Å². The number of rotatable bonds is 3. The molecule has 0 saturated heterocycles. The van der Waals surface area contributed by atoms with Gasteiger partial charge < -0.3 is 15.6 Å². The highest BCUT2D eigenvalue weighted by atomic mass is 79.9. The molecule has 0 bridgehead atoms. The van der Waals surface area contributed by atoms with E-state index in [2.05, 4.69) is 20.9 Å². The van der Waals surface area contributed by atoms with Gasteiger partial charge in [0, 0.05) is 22.4 Å². The Morgan fingerprint density at radius 1 is 1.28 bits per heavy atom. The Bertz CT molecular complexity index is 602. The van der Waals surface area contributed by atoms with Gasteiger partial charge in [0.1, 0.15) is 11.5 Å². The van der Waals surface area contributed by atoms with E-state index in [4.69, 9.17) is 15.6 Å². The number of carboxylic acids is 1. The fourth-order valence-corrected chi connectivity index (χ4v) is 1.73. The van der Waals surface area contributed by atoms with Crippen molar-refractivity contribution >= 4 is 27.6 Å². The van der Waals surface area contributed by atoms with Gasteiger partial charge in [-0.2, -0.15) is 0 Å². The van der Waals surface area contributed by atoms with Crippen molar-refractivity contribution in [2.24, 2.45) is 0 Å². The third kappa shape index (κ3) is 2.78. The van der Waals surface area contributed by atoms with E-state index in [1.165, 1.54) is 12.1 Å². The Labute approximate surface area is 111 Å². The van der Waals surface area contributed by atoms with Crippen molar-refractivity contribution in [2.75, 3.05) is 5.73 Å². The zero-order valence-corrected chi connectivity index (χ0v) is 10.7. The van der Waals surface area contributed by atoms with E-state index in [-0.39, 0.29) is 11.3 Å². The Kier molecular flexibility index (Phi) is 3.47. The molecule has 18 heavy (non-hydrogen) atoms. The maximum atomic E-state index is 10.8. The summed E-state index contributed by atoms with van der Waals surface area (Å²) in [4.78, 5) is 14.8. The summed E-state index contributed by atoms with van der Waals surface area (Å²) in [6.45, 7) is 0. The molecule has 0 spiro atoms. The number of carbonyl (C=O) groups is 1. The molecule has 0 aliphatic carbocycles. The molecular weight excluding hydrogens is 300 g/mol. The second kappa shape index (κ2) is 5.05. The number of hydrogen-bond acceptors (Lipinski definition) is 4. The van der Waals surface area contributed by atoms with Crippen molar-refractivity contribution < 1.29 is 14.6 Å². The second-order valence-electron chi connectivity index (χ2n) is 3.50. The molecule has 0 atom stereocenters. The molecule has 0 fully saturated rings. The first-order valence-electron chi connectivity index (χ1n) is 4.97. The number of aromatic nitrogens is 1. The van der Waals surface area contributed by atoms with Gasteiger partial charge in [0.2, 0.25) is 0 Å². The van der Waals surface area contributed by atoms with Gasteiger partial charge in [-0.1, -0.05) is 0 Å². The molecule has 0 radical (unpaired) electrons. The zero-order valence-electron chi connectivity index (χ0n) is 9.13. The van der Waals surface area contributed by atoms with Crippen LogP contribution in [0.1, 0.15) is 10.4 Å². The van der Waals surface area contributed by atoms with Crippen LogP contribution in [0, 0.1) is 0 Å². The highest BCUT2D eigenvalue weighted by molar-refractivity contribution is 9.10. The number of pyridine rings is 1. The average molecular weight is 309 g/mol. The number of nitrogen functional groups attached to an aromatic ring is 1. The number of nitrogens with two attached hydrogens (primary N) is 1. The fourth-order valence-electron chi connectivity index (χ4n) is 1.38. The van der Waals surface area contributed by atoms with Crippen molar-refractivity contribution in [1.82, 2.24) is 4.98 Å². The van der Waals surface area contributed by atoms with Crippen molar-refractivity contribution in [3.05, 3.63) is 46.7 Å². The summed E-state index contributed by atoms with van der Waals surface area (Å²) in [7, 11) is 0. The number of benzene rings is 1. The third-order valence-corrected chi connectivity index (χ3v) is 2.60. The minimum absolute atomic E-state index is 0.0507. The van der Waals surface area contributed by atoms with E-state index in [0.717, 1.165) is 4.47 Å². The third-order valence-electron chi connectivity index (χ3n) is 2.17. The molecule has 92 valence electrons. The van der Waals surface area contributed by atoms with Crippen molar-refractivity contribution in [1.29, 1.82) is 0 Å². The number of nitrogens with zero attached hydrogens (tertiary/aromatic N) is 1. The molecule has 2 rings (SSSR count). The van der Waals surface area contributed by atoms with Gasteiger partial charge in [-0.05, 0) is 34.1 Å². The predicted octanol–water partition coefficient (Wildman–Crippen LogP) is 2.92. The monoisotopic (exact) mass is 308 g/mol. The first-order valence-corrected chi connectivity index (χ1v) is 5.77. The minimum atomic E-state index is -1.07. The molecule has 0 aliphatic rings. The molecule has 0 aliphatic heterocycles. The Balaban J connectivity index is 2.25. The minimum Gasteiger partial charge on any atom is -0.478 e. The van der Waals surface area contributed by atoms with E-state index < -0.39 is 5.97 Å². The summed E-state index contributed by atoms with van der Waals surface area (Å²) in [6.07, 6.45) is 3.18. The maximum Gasteiger partial charge on any atom is 0.337 e. The van der Waals surface area contributed by atoms with Crippen LogP contribution in [0.4, 0.5) is 5.69 Å². The molecule has 0 amide bonds. The van der Waals surface area contributed by atoms with Gasteiger partial charge in [0.15, 0.2) is 0 Å². The van der Waals surface area contributed by atoms with E-state index in [1.54, 1.807) is 24.5 Å². The molecule has 1 aromatic carbocycles. The van der Waals surface area contributed by atoms with Gasteiger partial charge in [-0.25, -0.2) is 4.79 Å². The zero-order chi connectivity index (χ0) is 13.1. The molecule has 2 aromatic rings. The average Bonchev–Trinajstić information content (AvgIpc) is 2.28. The lowest BCUT2D eigenvalue weighted by Crippen LogP contribution is -2.02. The van der Waals surface area contributed by atoms with Crippen LogP contribution >= 0.6 is 15.9 Å². The lowest BCUT2D eigenvalue weighted by atomic mass is 10.2. The standard InChI is InChI=1S/C12H9BrN2O3/c13-7-3-9(6-15-5-7)18-8-1-2-10(12(16)17)11(14)4-8/h1-6H,14H2,(H,16,17). The van der Waals surface area contributed by atoms with Crippen molar-refractivity contribution in [3.63, 3.8) is 0 Å². The summed E-state index contributed by atoms with van der Waals surface area (Å²) >= 11 is 3.28. The van der Waals surface area contributed by atoms with Gasteiger partial charge in [0.25, 0.3) is 0 Å². The van der Waals surface area contributed by atoms with E-state index in [1.807, 2.05) is 0 Å². The Morgan fingerprint density at radius 2 is 2.06 bits per heavy atom. The van der Waals surface area contributed by atoms with Crippen LogP contribution in [0.25, 0.3) is 0 Å². The highest BCUT2D eigenvalue weighted by Crippen LogP contribution is 2.26. The van der Waals surface area contributed by atoms with E-state index >= 15 is 0 Å². The lowest BCUT2D eigenvalue weighted by molar-refractivity contribution is 0.0698. The first kappa shape index (κ1) is 12.4. The number of aromatic carboxylic acids is 1. The molecule has 1 heterocycles. The lowest BCUT2D eigenvalue weighted by Gasteiger charge is -2.07. The van der Waals surface area contributed by atoms with Crippen LogP contribution in [0.2, 0.25) is 0 Å². The molecule has 1 aromatic heterocycles. The smallest absolute Gasteiger partial charge is 0.337 e. The topological polar surface area (TPSA) is 85.4 Å². The molecule has 0 unspecified atom stereocenters. The van der Waals surface area contributed by atoms with E-state index in [9.17, 15) is 4.79 Å². The summed E-state index contributed by atoms with van der Waals surface area (Å²) in [6, 6.07) is 6.15. The van der Waals surface area contributed by atoms with Crippen molar-refractivity contribution in [2.45, 2.75) is 0 Å². The second-order valence-corrected chi connectivity index (χ2v) is 4.41. The maximum absolute atomic E-state index is 10.8. The van der Waals surface area contributed by atoms with Crippen LogP contribution in [0.3, 0.4) is 0 Å². The predicted molar refractivity (Wildman–Crippen MR) is 69.8 cm³/mol. The summed E-state index contributed by atoms with van der Waals surface area (Å²) in [5.74, 6) is -0.0765. The highest BCUT2D eigenvalue weighted by Gasteiger charge is 2.09. The van der Waals surface area contributed by atoms with Gasteiger partial charge >= 0.3 is 5.97 Å². The quantitative estimate of drug-likeness (QED) is 0.851. The summed E-state index contributed by atoms with van der Waals surface area (Å²) in [5, 5.41) is 8.85. The van der Waals surface area contributed by atoms with Crippen LogP contribution in [0.5, 0.6) is 11.5 Å². The first-order chi connectivity index (χ1) is 8.56. The Hall–Kier alpha value is -2.08. The normalized spacial score (nSPS) is 10.1. The molecule has 6 heteroatoms. The van der Waals surface area contributed by atoms with Crippen LogP contribution < -0.4 is 10.5 Å². The molecule has 3 N–H and O–H groups in total. The number of hydrogen-bond donors (Lipinski definition) is 2. The summed E-state index contributed by atoms with van der Waals surface area (Å²) in [5.41, 5.74) is 5.83. The number of carboxylic acid groups (broad SMARTS) is 1. The Morgan fingerprint density at radius 3 is 2.67 bits per heavy atom. The fraction of sp³-hybridized carbons (Fsp3) is 0. The van der Waals surface area contributed by atoms with Crippen molar-refractivity contribution in [3.8, 4) is 11.5 Å². The number of halogens is 1. The molecular formula is C12H9BrN2O3. The number of ether oxygens (including phenoxy) is 1. The number of anilines is 1. The van der Waals surface area contributed by atoms with E-state index in [0.29, 0.717) is 11.5 Å². The largest absolute Gasteiger partial charge is 0.478 e. The van der Waals surface area contributed by atoms with Crippen LogP contribution in [-0.4, -0.2) is 16.1 Å². The molecule has 0 saturated carbocycles.